The smallest absolute Gasteiger partial charge is 0.341 e. The van der Waals surface area contributed by atoms with Crippen molar-refractivity contribution in [3.8, 4) is 11.3 Å². The topological polar surface area (TPSA) is 138 Å². The molecule has 2 atom stereocenters. The fraction of sp³-hybridized carbons (Fsp3) is 0.185. The zero-order valence-corrected chi connectivity index (χ0v) is 23.3. The monoisotopic (exact) mass is 640 g/mol. The number of aromatic nitrogens is 2. The molecule has 0 aliphatic carbocycles. The zero-order valence-electron chi connectivity index (χ0n) is 21.7. The number of hydrogen-bond donors (Lipinski definition) is 3. The minimum absolute atomic E-state index is 0.00697. The maximum Gasteiger partial charge on any atom is 0.416 e. The lowest BCUT2D eigenvalue weighted by Crippen LogP contribution is -2.31. The number of halogens is 5. The van der Waals surface area contributed by atoms with Crippen molar-refractivity contribution in [3.05, 3.63) is 107 Å². The SMILES string of the molecule is O=C1CC(c2ccc(CC(NS(=O)(=O)c3cccc(C(F)(F)F)c3)c3ncc(-c4ccc(F)c(F)c4)[nH]3)cc2)S(=O)(=O)N1. The largest absolute Gasteiger partial charge is 0.416 e. The summed E-state index contributed by atoms with van der Waals surface area (Å²) in [5.41, 5.74) is 0.0253. The maximum absolute atomic E-state index is 13.8. The molecule has 0 saturated carbocycles. The Morgan fingerprint density at radius 2 is 1.72 bits per heavy atom. The van der Waals surface area contributed by atoms with E-state index in [1.807, 2.05) is 4.72 Å². The Hall–Kier alpha value is -4.15. The Morgan fingerprint density at radius 1 is 1.00 bits per heavy atom. The van der Waals surface area contributed by atoms with E-state index in [0.717, 1.165) is 30.3 Å². The number of H-pyrrole nitrogens is 1. The van der Waals surface area contributed by atoms with Crippen molar-refractivity contribution < 1.29 is 43.6 Å². The molecule has 3 N–H and O–H groups in total. The van der Waals surface area contributed by atoms with Crippen molar-refractivity contribution >= 4 is 26.0 Å². The third kappa shape index (κ3) is 6.60. The second kappa shape index (κ2) is 11.2. The molecule has 9 nitrogen and oxygen atoms in total. The van der Waals surface area contributed by atoms with Gasteiger partial charge in [-0.15, -0.1) is 0 Å². The molecule has 2 heterocycles. The third-order valence-corrected chi connectivity index (χ3v) is 9.89. The summed E-state index contributed by atoms with van der Waals surface area (Å²) < 4.78 is 122. The summed E-state index contributed by atoms with van der Waals surface area (Å²) in [5, 5.41) is -1.10. The molecule has 43 heavy (non-hydrogen) atoms. The Bertz CT molecular complexity index is 1910. The van der Waals surface area contributed by atoms with Gasteiger partial charge in [0.1, 0.15) is 11.1 Å². The van der Waals surface area contributed by atoms with Crippen LogP contribution >= 0.6 is 0 Å². The number of benzene rings is 3. The zero-order chi connectivity index (χ0) is 31.2. The van der Waals surface area contributed by atoms with Gasteiger partial charge < -0.3 is 4.98 Å². The van der Waals surface area contributed by atoms with E-state index >= 15 is 0 Å². The molecule has 1 fully saturated rings. The number of amides is 1. The fourth-order valence-corrected chi connectivity index (χ4v) is 7.24. The molecular formula is C27H21F5N4O5S2. The number of nitrogens with one attached hydrogen (secondary N) is 3. The van der Waals surface area contributed by atoms with Crippen LogP contribution in [0, 0.1) is 11.6 Å². The molecule has 226 valence electrons. The summed E-state index contributed by atoms with van der Waals surface area (Å²) in [6, 6.07) is 11.0. The molecule has 0 bridgehead atoms. The van der Waals surface area contributed by atoms with Crippen LogP contribution < -0.4 is 9.44 Å². The lowest BCUT2D eigenvalue weighted by atomic mass is 10.0. The summed E-state index contributed by atoms with van der Waals surface area (Å²) in [5.74, 6) is -2.85. The number of hydrogen-bond acceptors (Lipinski definition) is 6. The van der Waals surface area contributed by atoms with Gasteiger partial charge in [0.15, 0.2) is 11.6 Å². The number of imidazole rings is 1. The first-order valence-electron chi connectivity index (χ1n) is 12.5. The molecule has 1 amide bonds. The summed E-state index contributed by atoms with van der Waals surface area (Å²) in [6.45, 7) is 0. The van der Waals surface area contributed by atoms with Crippen LogP contribution in [0.5, 0.6) is 0 Å². The normalized spacial score (nSPS) is 17.5. The van der Waals surface area contributed by atoms with Gasteiger partial charge in [-0.3, -0.25) is 9.52 Å². The van der Waals surface area contributed by atoms with Crippen LogP contribution in [0.15, 0.2) is 77.8 Å². The Balaban J connectivity index is 1.48. The molecule has 0 spiro atoms. The molecule has 1 aromatic heterocycles. The summed E-state index contributed by atoms with van der Waals surface area (Å²) in [6.07, 6.45) is -3.91. The molecular weight excluding hydrogens is 619 g/mol. The van der Waals surface area contributed by atoms with Gasteiger partial charge in [-0.2, -0.15) is 13.2 Å². The van der Waals surface area contributed by atoms with Gasteiger partial charge in [-0.05, 0) is 53.9 Å². The van der Waals surface area contributed by atoms with E-state index in [1.54, 1.807) is 0 Å². The van der Waals surface area contributed by atoms with E-state index < -0.39 is 65.5 Å². The fourth-order valence-electron chi connectivity index (χ4n) is 4.56. The number of rotatable bonds is 8. The number of alkyl halides is 3. The van der Waals surface area contributed by atoms with Crippen LogP contribution in [0.25, 0.3) is 11.3 Å². The predicted octanol–water partition coefficient (Wildman–Crippen LogP) is 4.53. The molecule has 1 saturated heterocycles. The molecule has 5 rings (SSSR count). The average Bonchev–Trinajstić information content (AvgIpc) is 3.53. The highest BCUT2D eigenvalue weighted by molar-refractivity contribution is 7.90. The van der Waals surface area contributed by atoms with Gasteiger partial charge in [0.2, 0.25) is 26.0 Å². The van der Waals surface area contributed by atoms with Crippen molar-refractivity contribution in [2.45, 2.75) is 35.2 Å². The van der Waals surface area contributed by atoms with Crippen LogP contribution in [0.3, 0.4) is 0 Å². The van der Waals surface area contributed by atoms with Crippen LogP contribution in [0.2, 0.25) is 0 Å². The third-order valence-electron chi connectivity index (χ3n) is 6.72. The molecule has 0 radical (unpaired) electrons. The van der Waals surface area contributed by atoms with E-state index in [0.29, 0.717) is 17.2 Å². The van der Waals surface area contributed by atoms with Crippen LogP contribution in [-0.4, -0.2) is 32.7 Å². The van der Waals surface area contributed by atoms with Gasteiger partial charge in [0, 0.05) is 5.56 Å². The first kappa shape index (κ1) is 30.3. The minimum Gasteiger partial charge on any atom is -0.341 e. The molecule has 4 aromatic rings. The number of carbonyl (C=O) groups excluding carboxylic acids is 1. The van der Waals surface area contributed by atoms with Crippen LogP contribution in [-0.2, 0) is 37.4 Å². The van der Waals surface area contributed by atoms with Crippen molar-refractivity contribution in [3.63, 3.8) is 0 Å². The highest BCUT2D eigenvalue weighted by atomic mass is 32.2. The van der Waals surface area contributed by atoms with E-state index in [1.165, 1.54) is 36.5 Å². The van der Waals surface area contributed by atoms with Gasteiger partial charge >= 0.3 is 6.18 Å². The van der Waals surface area contributed by atoms with Gasteiger partial charge in [-0.1, -0.05) is 30.3 Å². The molecule has 1 aliphatic rings. The minimum atomic E-state index is -4.79. The molecule has 16 heteroatoms. The summed E-state index contributed by atoms with van der Waals surface area (Å²) in [4.78, 5) is 18.0. The van der Waals surface area contributed by atoms with Crippen LogP contribution in [0.1, 0.15) is 40.2 Å². The molecule has 1 aliphatic heterocycles. The highest BCUT2D eigenvalue weighted by Crippen LogP contribution is 2.33. The number of carbonyl (C=O) groups is 1. The Kier molecular flexibility index (Phi) is 7.87. The quantitative estimate of drug-likeness (QED) is 0.242. The van der Waals surface area contributed by atoms with E-state index in [4.69, 9.17) is 0 Å². The van der Waals surface area contributed by atoms with E-state index in [9.17, 15) is 43.6 Å². The Morgan fingerprint density at radius 3 is 2.35 bits per heavy atom. The summed E-state index contributed by atoms with van der Waals surface area (Å²) in [7, 11) is -8.47. The van der Waals surface area contributed by atoms with Gasteiger partial charge in [0.25, 0.3) is 0 Å². The summed E-state index contributed by atoms with van der Waals surface area (Å²) >= 11 is 0. The van der Waals surface area contributed by atoms with E-state index in [2.05, 4.69) is 14.7 Å². The standard InChI is InChI=1S/C27H21F5N4O5S2/c28-20-9-8-17(11-21(20)29)23-14-33-26(34-23)22(35-42(38,39)19-3-1-2-18(12-19)27(30,31)32)10-15-4-6-16(7-5-15)24-13-25(37)36-43(24,40)41/h1-9,11-12,14,22,24,35H,10,13H2,(H,33,34)(H,36,37). The van der Waals surface area contributed by atoms with E-state index in [-0.39, 0.29) is 29.9 Å². The number of sulfonamides is 2. The lowest BCUT2D eigenvalue weighted by molar-refractivity contribution is -0.137. The average molecular weight is 641 g/mol. The molecule has 3 aromatic carbocycles. The van der Waals surface area contributed by atoms with Crippen molar-refractivity contribution in [1.29, 1.82) is 0 Å². The highest BCUT2D eigenvalue weighted by Gasteiger charge is 2.38. The second-order valence-corrected chi connectivity index (χ2v) is 13.3. The Labute approximate surface area is 242 Å². The van der Waals surface area contributed by atoms with Crippen LogP contribution in [0.4, 0.5) is 22.0 Å². The second-order valence-electron chi connectivity index (χ2n) is 9.72. The predicted molar refractivity (Wildman–Crippen MR) is 143 cm³/mol. The first-order chi connectivity index (χ1) is 20.1. The number of aromatic amines is 1. The van der Waals surface area contributed by atoms with Crippen molar-refractivity contribution in [2.75, 3.05) is 0 Å². The molecule has 2 unspecified atom stereocenters. The van der Waals surface area contributed by atoms with Crippen molar-refractivity contribution in [2.24, 2.45) is 0 Å². The van der Waals surface area contributed by atoms with Gasteiger partial charge in [-0.25, -0.2) is 35.3 Å². The lowest BCUT2D eigenvalue weighted by Gasteiger charge is -2.18. The maximum atomic E-state index is 13.8. The first-order valence-corrected chi connectivity index (χ1v) is 15.5. The number of nitrogens with zero attached hydrogens (tertiary/aromatic N) is 1. The van der Waals surface area contributed by atoms with Crippen molar-refractivity contribution in [1.82, 2.24) is 19.4 Å². The van der Waals surface area contributed by atoms with Gasteiger partial charge in [0.05, 0.1) is 34.8 Å².